The van der Waals surface area contributed by atoms with E-state index in [1.807, 2.05) is 23.1 Å². The van der Waals surface area contributed by atoms with Crippen LogP contribution in [0.1, 0.15) is 18.9 Å². The van der Waals surface area contributed by atoms with Gasteiger partial charge in [-0.1, -0.05) is 0 Å². The summed E-state index contributed by atoms with van der Waals surface area (Å²) in [5.41, 5.74) is 0. The predicted molar refractivity (Wildman–Crippen MR) is 43.4 cm³/mol. The van der Waals surface area contributed by atoms with Crippen molar-refractivity contribution in [2.24, 2.45) is 0 Å². The van der Waals surface area contributed by atoms with E-state index in [1.165, 1.54) is 12.8 Å². The molecule has 0 radical (unpaired) electrons. The molecule has 60 valence electrons. The molecule has 1 aromatic rings. The molecule has 1 atom stereocenters. The number of nitrogens with zero attached hydrogens (tertiary/aromatic N) is 2. The van der Waals surface area contributed by atoms with Crippen LogP contribution in [0.4, 0.5) is 0 Å². The molecular weight excluding hydrogens is 138 g/mol. The second kappa shape index (κ2) is 3.05. The van der Waals surface area contributed by atoms with Gasteiger partial charge in [-0.25, -0.2) is 0 Å². The van der Waals surface area contributed by atoms with E-state index in [9.17, 15) is 0 Å². The van der Waals surface area contributed by atoms with Crippen LogP contribution in [0.25, 0.3) is 0 Å². The van der Waals surface area contributed by atoms with Gasteiger partial charge in [0, 0.05) is 18.9 Å². The van der Waals surface area contributed by atoms with E-state index in [-0.39, 0.29) is 0 Å². The summed E-state index contributed by atoms with van der Waals surface area (Å²) in [5.74, 6) is 0. The molecule has 0 saturated carbocycles. The molecule has 0 bridgehead atoms. The van der Waals surface area contributed by atoms with Crippen molar-refractivity contribution in [1.29, 1.82) is 0 Å². The molecule has 3 heteroatoms. The molecule has 1 unspecified atom stereocenters. The quantitative estimate of drug-likeness (QED) is 0.643. The summed E-state index contributed by atoms with van der Waals surface area (Å²) in [6, 6.07) is 2.56. The van der Waals surface area contributed by atoms with Crippen molar-refractivity contribution in [3.05, 3.63) is 18.5 Å². The number of hydrogen-bond acceptors (Lipinski definition) is 2. The van der Waals surface area contributed by atoms with Crippen LogP contribution in [0, 0.1) is 0 Å². The van der Waals surface area contributed by atoms with Crippen LogP contribution in [0.5, 0.6) is 0 Å². The molecule has 1 N–H and O–H groups in total. The Hall–Kier alpha value is -0.830. The van der Waals surface area contributed by atoms with Gasteiger partial charge in [-0.2, -0.15) is 5.10 Å². The first-order valence-electron chi connectivity index (χ1n) is 4.16. The number of nitrogens with one attached hydrogen (secondary N) is 1. The average Bonchev–Trinajstić information content (AvgIpc) is 2.58. The Morgan fingerprint density at radius 1 is 1.55 bits per heavy atom. The lowest BCUT2D eigenvalue weighted by atomic mass is 10.1. The van der Waals surface area contributed by atoms with Crippen molar-refractivity contribution in [3.63, 3.8) is 0 Å². The highest BCUT2D eigenvalue weighted by atomic mass is 15.3. The summed E-state index contributed by atoms with van der Waals surface area (Å²) in [7, 11) is 0. The van der Waals surface area contributed by atoms with E-state index in [1.54, 1.807) is 0 Å². The number of rotatable bonds is 1. The fourth-order valence-corrected chi connectivity index (χ4v) is 1.56. The average molecular weight is 151 g/mol. The molecule has 0 spiro atoms. The Kier molecular flexibility index (Phi) is 1.90. The molecule has 1 saturated heterocycles. The van der Waals surface area contributed by atoms with Crippen LogP contribution in [0.3, 0.4) is 0 Å². The van der Waals surface area contributed by atoms with Crippen LogP contribution >= 0.6 is 0 Å². The van der Waals surface area contributed by atoms with Crippen molar-refractivity contribution >= 4 is 0 Å². The maximum absolute atomic E-state index is 4.22. The first-order valence-corrected chi connectivity index (χ1v) is 4.16. The maximum atomic E-state index is 4.22. The molecule has 2 heterocycles. The van der Waals surface area contributed by atoms with Gasteiger partial charge in [-0.15, -0.1) is 0 Å². The maximum Gasteiger partial charge on any atom is 0.0644 e. The fourth-order valence-electron chi connectivity index (χ4n) is 1.56. The van der Waals surface area contributed by atoms with Crippen LogP contribution < -0.4 is 5.32 Å². The van der Waals surface area contributed by atoms with E-state index < -0.39 is 0 Å². The highest BCUT2D eigenvalue weighted by Crippen LogP contribution is 2.14. The summed E-state index contributed by atoms with van der Waals surface area (Å²) in [6.45, 7) is 2.24. The number of aromatic nitrogens is 2. The Morgan fingerprint density at radius 2 is 2.55 bits per heavy atom. The van der Waals surface area contributed by atoms with Crippen LogP contribution in [-0.2, 0) is 0 Å². The van der Waals surface area contributed by atoms with Crippen molar-refractivity contribution in [2.75, 3.05) is 13.1 Å². The second-order valence-corrected chi connectivity index (χ2v) is 2.99. The molecule has 1 aliphatic heterocycles. The molecule has 3 nitrogen and oxygen atoms in total. The molecule has 1 aromatic heterocycles. The standard InChI is InChI=1S/C8H13N3/c1-3-8(7-9-4-1)11-6-2-5-10-11/h2,5-6,8-9H,1,3-4,7H2. The molecule has 1 fully saturated rings. The Morgan fingerprint density at radius 3 is 3.18 bits per heavy atom. The zero-order valence-corrected chi connectivity index (χ0v) is 6.53. The first-order chi connectivity index (χ1) is 5.47. The third kappa shape index (κ3) is 1.43. The zero-order chi connectivity index (χ0) is 7.52. The van der Waals surface area contributed by atoms with E-state index >= 15 is 0 Å². The van der Waals surface area contributed by atoms with Gasteiger partial charge in [0.25, 0.3) is 0 Å². The minimum atomic E-state index is 0.582. The zero-order valence-electron chi connectivity index (χ0n) is 6.53. The number of piperidine rings is 1. The topological polar surface area (TPSA) is 29.9 Å². The minimum absolute atomic E-state index is 0.582. The molecule has 0 amide bonds. The van der Waals surface area contributed by atoms with Crippen molar-refractivity contribution in [3.8, 4) is 0 Å². The lowest BCUT2D eigenvalue weighted by Gasteiger charge is -2.22. The molecule has 2 rings (SSSR count). The largest absolute Gasteiger partial charge is 0.315 e. The predicted octanol–water partition coefficient (Wildman–Crippen LogP) is 0.808. The molecule has 11 heavy (non-hydrogen) atoms. The molecule has 0 aromatic carbocycles. The lowest BCUT2D eigenvalue weighted by molar-refractivity contribution is 0.347. The molecule has 1 aliphatic rings. The van der Waals surface area contributed by atoms with Crippen molar-refractivity contribution in [1.82, 2.24) is 15.1 Å². The van der Waals surface area contributed by atoms with Crippen LogP contribution in [0.2, 0.25) is 0 Å². The highest BCUT2D eigenvalue weighted by Gasteiger charge is 2.13. The SMILES string of the molecule is c1cnn(C2CCCNC2)c1. The van der Waals surface area contributed by atoms with Crippen molar-refractivity contribution < 1.29 is 0 Å². The van der Waals surface area contributed by atoms with Crippen LogP contribution in [0.15, 0.2) is 18.5 Å². The van der Waals surface area contributed by atoms with Gasteiger partial charge in [0.05, 0.1) is 6.04 Å². The lowest BCUT2D eigenvalue weighted by Crippen LogP contribution is -2.31. The van der Waals surface area contributed by atoms with Gasteiger partial charge in [-0.3, -0.25) is 4.68 Å². The van der Waals surface area contributed by atoms with Crippen molar-refractivity contribution in [2.45, 2.75) is 18.9 Å². The third-order valence-electron chi connectivity index (χ3n) is 2.17. The van der Waals surface area contributed by atoms with Gasteiger partial charge in [0.1, 0.15) is 0 Å². The van der Waals surface area contributed by atoms with E-state index in [0.717, 1.165) is 13.1 Å². The fraction of sp³-hybridized carbons (Fsp3) is 0.625. The summed E-state index contributed by atoms with van der Waals surface area (Å²) in [5, 5.41) is 7.58. The first kappa shape index (κ1) is 6.85. The third-order valence-corrected chi connectivity index (χ3v) is 2.17. The van der Waals surface area contributed by atoms with E-state index in [2.05, 4.69) is 10.4 Å². The van der Waals surface area contributed by atoms with E-state index in [4.69, 9.17) is 0 Å². The molecular formula is C8H13N3. The Bertz CT molecular complexity index is 199. The van der Waals surface area contributed by atoms with E-state index in [0.29, 0.717) is 6.04 Å². The van der Waals surface area contributed by atoms with Gasteiger partial charge in [-0.05, 0) is 25.5 Å². The van der Waals surface area contributed by atoms with Gasteiger partial charge in [0.15, 0.2) is 0 Å². The van der Waals surface area contributed by atoms with Gasteiger partial charge >= 0.3 is 0 Å². The second-order valence-electron chi connectivity index (χ2n) is 2.99. The van der Waals surface area contributed by atoms with Crippen LogP contribution in [-0.4, -0.2) is 22.9 Å². The summed E-state index contributed by atoms with van der Waals surface area (Å²) >= 11 is 0. The normalized spacial score (nSPS) is 25.3. The minimum Gasteiger partial charge on any atom is -0.315 e. The Labute approximate surface area is 66.4 Å². The van der Waals surface area contributed by atoms with Gasteiger partial charge < -0.3 is 5.32 Å². The summed E-state index contributed by atoms with van der Waals surface area (Å²) < 4.78 is 2.05. The monoisotopic (exact) mass is 151 g/mol. The smallest absolute Gasteiger partial charge is 0.0644 e. The molecule has 0 aliphatic carbocycles. The Balaban J connectivity index is 2.04. The highest BCUT2D eigenvalue weighted by molar-refractivity contribution is 4.83. The summed E-state index contributed by atoms with van der Waals surface area (Å²) in [4.78, 5) is 0. The number of hydrogen-bond donors (Lipinski definition) is 1. The summed E-state index contributed by atoms with van der Waals surface area (Å²) in [6.07, 6.45) is 6.41. The van der Waals surface area contributed by atoms with Gasteiger partial charge in [0.2, 0.25) is 0 Å².